The fourth-order valence-electron chi connectivity index (χ4n) is 0.691. The van der Waals surface area contributed by atoms with E-state index in [1.54, 1.807) is 6.92 Å². The van der Waals surface area contributed by atoms with Crippen LogP contribution in [0.4, 0.5) is 0 Å². The number of hydrogen-bond acceptors (Lipinski definition) is 3. The van der Waals surface area contributed by atoms with E-state index in [1.165, 1.54) is 6.92 Å². The quantitative estimate of drug-likeness (QED) is 0.523. The third-order valence-electron chi connectivity index (χ3n) is 0.879. The van der Waals surface area contributed by atoms with Gasteiger partial charge in [0.25, 0.3) is 10.0 Å². The van der Waals surface area contributed by atoms with Crippen molar-refractivity contribution in [2.45, 2.75) is 13.8 Å². The molecule has 0 aliphatic carbocycles. The fraction of sp³-hybridized carbons (Fsp3) is 0.400. The topological polar surface area (TPSA) is 55.7 Å². The molecule has 1 aliphatic heterocycles. The van der Waals surface area contributed by atoms with Crippen molar-refractivity contribution >= 4 is 15.9 Å². The van der Waals surface area contributed by atoms with Crippen LogP contribution >= 0.6 is 0 Å². The Bertz CT molecular complexity index is 275. The molecule has 0 N–H and O–H groups in total. The number of hydrogen-bond donors (Lipinski definition) is 0. The molecular formula is C5H7NO3S. The summed E-state index contributed by atoms with van der Waals surface area (Å²) in [5.41, 5.74) is 0. The molecule has 0 bridgehead atoms. The van der Waals surface area contributed by atoms with Crippen LogP contribution in [0.1, 0.15) is 13.8 Å². The van der Waals surface area contributed by atoms with Gasteiger partial charge in [0.2, 0.25) is 5.90 Å². The van der Waals surface area contributed by atoms with Gasteiger partial charge in [-0.05, 0) is 6.92 Å². The summed E-state index contributed by atoms with van der Waals surface area (Å²) in [5.74, 6) is 0.521. The van der Waals surface area contributed by atoms with Crippen LogP contribution in [-0.4, -0.2) is 14.3 Å². The van der Waals surface area contributed by atoms with Crippen LogP contribution in [0.25, 0.3) is 0 Å². The van der Waals surface area contributed by atoms with Gasteiger partial charge < -0.3 is 4.74 Å². The molecule has 0 atom stereocenters. The normalized spacial score (nSPS) is 22.6. The van der Waals surface area contributed by atoms with Crippen LogP contribution in [0.15, 0.2) is 15.6 Å². The van der Waals surface area contributed by atoms with Gasteiger partial charge in [0.05, 0.1) is 5.41 Å². The van der Waals surface area contributed by atoms with E-state index in [9.17, 15) is 8.42 Å². The van der Waals surface area contributed by atoms with E-state index in [4.69, 9.17) is 4.74 Å². The molecule has 0 saturated carbocycles. The number of nitrogens with zero attached hydrogens (tertiary/aromatic N) is 1. The summed E-state index contributed by atoms with van der Waals surface area (Å²) >= 11 is 0. The molecular weight excluding hydrogens is 154 g/mol. The first-order chi connectivity index (χ1) is 4.49. The van der Waals surface area contributed by atoms with Gasteiger partial charge in [-0.1, -0.05) is 0 Å². The molecule has 5 heteroatoms. The minimum Gasteiger partial charge on any atom is -0.446 e. The summed E-state index contributed by atoms with van der Waals surface area (Å²) in [6.45, 7) is 3.06. The minimum atomic E-state index is -3.38. The van der Waals surface area contributed by atoms with E-state index in [-0.39, 0.29) is 5.90 Å². The Morgan fingerprint density at radius 3 is 2.50 bits per heavy atom. The summed E-state index contributed by atoms with van der Waals surface area (Å²) in [6.07, 6.45) is 0. The highest BCUT2D eigenvalue weighted by molar-refractivity contribution is 7.93. The van der Waals surface area contributed by atoms with Crippen LogP contribution in [0.3, 0.4) is 0 Å². The zero-order chi connectivity index (χ0) is 7.78. The van der Waals surface area contributed by atoms with Crippen LogP contribution in [0, 0.1) is 0 Å². The largest absolute Gasteiger partial charge is 0.446 e. The van der Waals surface area contributed by atoms with Gasteiger partial charge in [-0.25, -0.2) is 0 Å². The molecule has 0 amide bonds. The zero-order valence-electron chi connectivity index (χ0n) is 5.66. The molecule has 56 valence electrons. The standard InChI is InChI=1S/C5H7NO3S/c1-4-3-10(7,8)6-5(2)9-4/h3H,1-2H3. The van der Waals surface area contributed by atoms with E-state index >= 15 is 0 Å². The van der Waals surface area contributed by atoms with E-state index < -0.39 is 10.0 Å². The Kier molecular flexibility index (Phi) is 1.52. The van der Waals surface area contributed by atoms with Gasteiger partial charge in [-0.3, -0.25) is 0 Å². The lowest BCUT2D eigenvalue weighted by Gasteiger charge is -2.07. The lowest BCUT2D eigenvalue weighted by atomic mass is 10.6. The molecule has 1 aliphatic rings. The predicted molar refractivity (Wildman–Crippen MR) is 36.9 cm³/mol. The van der Waals surface area contributed by atoms with Crippen LogP contribution in [0.5, 0.6) is 0 Å². The first-order valence-electron chi connectivity index (χ1n) is 2.67. The van der Waals surface area contributed by atoms with Gasteiger partial charge >= 0.3 is 0 Å². The number of sulfonamides is 1. The molecule has 1 rings (SSSR count). The van der Waals surface area contributed by atoms with Crippen LogP contribution < -0.4 is 0 Å². The Morgan fingerprint density at radius 1 is 1.50 bits per heavy atom. The Labute approximate surface area is 59.3 Å². The molecule has 0 radical (unpaired) electrons. The highest BCUT2D eigenvalue weighted by Gasteiger charge is 2.12. The maximum absolute atomic E-state index is 10.7. The SMILES string of the molecule is CC1=CS(=O)(=O)N=C(C)O1. The summed E-state index contributed by atoms with van der Waals surface area (Å²) in [6, 6.07) is 0. The summed E-state index contributed by atoms with van der Waals surface area (Å²) in [5, 5.41) is 0.986. The first-order valence-corrected chi connectivity index (χ1v) is 4.18. The summed E-state index contributed by atoms with van der Waals surface area (Å²) < 4.78 is 29.6. The average Bonchev–Trinajstić information content (AvgIpc) is 1.54. The van der Waals surface area contributed by atoms with Crippen LogP contribution in [-0.2, 0) is 14.8 Å². The number of allylic oxidation sites excluding steroid dienone is 1. The van der Waals surface area contributed by atoms with E-state index in [1.807, 2.05) is 0 Å². The van der Waals surface area contributed by atoms with Crippen molar-refractivity contribution in [2.24, 2.45) is 4.40 Å². The van der Waals surface area contributed by atoms with Gasteiger partial charge in [0.1, 0.15) is 5.76 Å². The lowest BCUT2D eigenvalue weighted by Crippen LogP contribution is -2.08. The van der Waals surface area contributed by atoms with E-state index in [0.717, 1.165) is 5.41 Å². The molecule has 0 aromatic heterocycles. The second kappa shape index (κ2) is 2.09. The van der Waals surface area contributed by atoms with Crippen LogP contribution in [0.2, 0.25) is 0 Å². The molecule has 1 heterocycles. The molecule has 0 spiro atoms. The van der Waals surface area contributed by atoms with Gasteiger partial charge in [0, 0.05) is 6.92 Å². The maximum atomic E-state index is 10.7. The van der Waals surface area contributed by atoms with Crippen molar-refractivity contribution in [3.05, 3.63) is 11.2 Å². The van der Waals surface area contributed by atoms with Crippen molar-refractivity contribution in [3.63, 3.8) is 0 Å². The van der Waals surface area contributed by atoms with Gasteiger partial charge in [0.15, 0.2) is 0 Å². The van der Waals surface area contributed by atoms with Crippen molar-refractivity contribution in [2.75, 3.05) is 0 Å². The Balaban J connectivity index is 3.12. The third-order valence-corrected chi connectivity index (χ3v) is 2.02. The highest BCUT2D eigenvalue weighted by atomic mass is 32.2. The van der Waals surface area contributed by atoms with Gasteiger partial charge in [-0.2, -0.15) is 8.42 Å². The molecule has 10 heavy (non-hydrogen) atoms. The average molecular weight is 161 g/mol. The first kappa shape index (κ1) is 7.27. The van der Waals surface area contributed by atoms with Crippen molar-refractivity contribution in [1.29, 1.82) is 0 Å². The number of rotatable bonds is 0. The molecule has 0 aromatic rings. The molecule has 0 unspecified atom stereocenters. The monoisotopic (exact) mass is 161 g/mol. The zero-order valence-corrected chi connectivity index (χ0v) is 6.47. The molecule has 0 saturated heterocycles. The smallest absolute Gasteiger partial charge is 0.281 e. The minimum absolute atomic E-state index is 0.167. The molecule has 4 nitrogen and oxygen atoms in total. The second-order valence-corrected chi connectivity index (χ2v) is 3.40. The lowest BCUT2D eigenvalue weighted by molar-refractivity contribution is 0.412. The van der Waals surface area contributed by atoms with E-state index in [0.29, 0.717) is 5.76 Å². The summed E-state index contributed by atoms with van der Waals surface area (Å²) in [4.78, 5) is 0. The van der Waals surface area contributed by atoms with Crippen molar-refractivity contribution in [1.82, 2.24) is 0 Å². The Morgan fingerprint density at radius 2 is 2.10 bits per heavy atom. The van der Waals surface area contributed by atoms with Crippen molar-refractivity contribution < 1.29 is 13.2 Å². The predicted octanol–water partition coefficient (Wildman–Crippen LogP) is 0.626. The fourth-order valence-corrected chi connectivity index (χ4v) is 1.61. The highest BCUT2D eigenvalue weighted by Crippen LogP contribution is 2.10. The second-order valence-electron chi connectivity index (χ2n) is 1.96. The number of ether oxygens (including phenoxy) is 1. The third kappa shape index (κ3) is 1.57. The molecule has 0 fully saturated rings. The summed E-state index contributed by atoms with van der Waals surface area (Å²) in [7, 11) is -3.38. The maximum Gasteiger partial charge on any atom is 0.281 e. The van der Waals surface area contributed by atoms with Crippen molar-refractivity contribution in [3.8, 4) is 0 Å². The Hall–Kier alpha value is -0.840. The van der Waals surface area contributed by atoms with Gasteiger partial charge in [-0.15, -0.1) is 4.40 Å². The van der Waals surface area contributed by atoms with E-state index in [2.05, 4.69) is 4.40 Å². The molecule has 0 aromatic carbocycles.